The van der Waals surface area contributed by atoms with Crippen LogP contribution in [0.15, 0.2) is 66.7 Å². The van der Waals surface area contributed by atoms with E-state index in [1.807, 2.05) is 37.4 Å². The fourth-order valence-corrected chi connectivity index (χ4v) is 4.63. The topological polar surface area (TPSA) is 96.5 Å². The van der Waals surface area contributed by atoms with Gasteiger partial charge in [-0.1, -0.05) is 0 Å². The van der Waals surface area contributed by atoms with Gasteiger partial charge in [0.2, 0.25) is 0 Å². The first kappa shape index (κ1) is 24.4. The highest BCUT2D eigenvalue weighted by atomic mass is 19.1. The lowest BCUT2D eigenvalue weighted by Gasteiger charge is -2.36. The van der Waals surface area contributed by atoms with Gasteiger partial charge in [-0.2, -0.15) is 0 Å². The van der Waals surface area contributed by atoms with Crippen molar-refractivity contribution in [3.05, 3.63) is 94.0 Å². The summed E-state index contributed by atoms with van der Waals surface area (Å²) >= 11 is 0. The normalized spacial score (nSPS) is 14.2. The van der Waals surface area contributed by atoms with Crippen LogP contribution in [0.5, 0.6) is 0 Å². The molecule has 1 aliphatic rings. The Bertz CT molecular complexity index is 1430. The van der Waals surface area contributed by atoms with Crippen molar-refractivity contribution in [3.8, 4) is 0 Å². The standard InChI is InChI=1S/C27H27FN6O3/c1-31-25-11-6-21(29-27(35)19-2-7-23(8-3-19)34(36)37)18-24(25)30-26(31)12-13-32-14-16-33(17-15-32)22-9-4-20(28)5-10-22/h2-11,18H,12-17H2,1H3,(H,29,35). The molecule has 4 aromatic rings. The summed E-state index contributed by atoms with van der Waals surface area (Å²) in [5.74, 6) is 0.406. The lowest BCUT2D eigenvalue weighted by molar-refractivity contribution is -0.384. The summed E-state index contributed by atoms with van der Waals surface area (Å²) < 4.78 is 15.3. The van der Waals surface area contributed by atoms with Crippen LogP contribution in [0.1, 0.15) is 16.2 Å². The second kappa shape index (κ2) is 10.4. The summed E-state index contributed by atoms with van der Waals surface area (Å²) in [5.41, 5.74) is 3.70. The van der Waals surface area contributed by atoms with Crippen LogP contribution in [-0.2, 0) is 13.5 Å². The van der Waals surface area contributed by atoms with Crippen LogP contribution in [-0.4, -0.2) is 58.0 Å². The number of aromatic nitrogens is 2. The Morgan fingerprint density at radius 1 is 1.03 bits per heavy atom. The molecule has 10 heteroatoms. The van der Waals surface area contributed by atoms with E-state index in [1.54, 1.807) is 0 Å². The number of carbonyl (C=O) groups excluding carboxylic acids is 1. The third kappa shape index (κ3) is 5.44. The molecule has 1 N–H and O–H groups in total. The molecule has 1 saturated heterocycles. The summed E-state index contributed by atoms with van der Waals surface area (Å²) in [4.78, 5) is 32.4. The van der Waals surface area contributed by atoms with Gasteiger partial charge < -0.3 is 14.8 Å². The summed E-state index contributed by atoms with van der Waals surface area (Å²) in [6.07, 6.45) is 0.798. The largest absolute Gasteiger partial charge is 0.369 e. The summed E-state index contributed by atoms with van der Waals surface area (Å²) in [5, 5.41) is 13.7. The number of anilines is 2. The number of carbonyl (C=O) groups is 1. The highest BCUT2D eigenvalue weighted by Gasteiger charge is 2.18. The first-order valence-corrected chi connectivity index (χ1v) is 12.1. The van der Waals surface area contributed by atoms with Gasteiger partial charge in [-0.25, -0.2) is 9.37 Å². The molecule has 1 aromatic heterocycles. The van der Waals surface area contributed by atoms with E-state index in [9.17, 15) is 19.3 Å². The number of benzene rings is 3. The van der Waals surface area contributed by atoms with E-state index in [1.165, 1.54) is 36.4 Å². The van der Waals surface area contributed by atoms with Gasteiger partial charge in [0.05, 0.1) is 16.0 Å². The zero-order valence-electron chi connectivity index (χ0n) is 20.4. The van der Waals surface area contributed by atoms with E-state index >= 15 is 0 Å². The predicted octanol–water partition coefficient (Wildman–Crippen LogP) is 4.24. The SMILES string of the molecule is Cn1c(CCN2CCN(c3ccc(F)cc3)CC2)nc2cc(NC(=O)c3ccc([N+](=O)[O-])cc3)ccc21. The van der Waals surface area contributed by atoms with E-state index in [0.29, 0.717) is 11.3 Å². The Morgan fingerprint density at radius 3 is 2.41 bits per heavy atom. The Labute approximate surface area is 213 Å². The Morgan fingerprint density at radius 2 is 1.73 bits per heavy atom. The minimum Gasteiger partial charge on any atom is -0.369 e. The maximum atomic E-state index is 13.2. The molecule has 3 aromatic carbocycles. The van der Waals surface area contributed by atoms with Crippen LogP contribution in [0, 0.1) is 15.9 Å². The minimum absolute atomic E-state index is 0.0613. The van der Waals surface area contributed by atoms with Crippen molar-refractivity contribution in [1.82, 2.24) is 14.5 Å². The first-order valence-electron chi connectivity index (χ1n) is 12.1. The van der Waals surface area contributed by atoms with Gasteiger partial charge in [0.15, 0.2) is 0 Å². The Balaban J connectivity index is 1.19. The number of hydrogen-bond acceptors (Lipinski definition) is 6. The van der Waals surface area contributed by atoms with Crippen molar-refractivity contribution >= 4 is 34.0 Å². The average molecular weight is 503 g/mol. The van der Waals surface area contributed by atoms with Crippen LogP contribution in [0.2, 0.25) is 0 Å². The fraction of sp³-hybridized carbons (Fsp3) is 0.259. The molecule has 1 fully saturated rings. The maximum Gasteiger partial charge on any atom is 0.269 e. The number of piperazine rings is 1. The molecule has 37 heavy (non-hydrogen) atoms. The predicted molar refractivity (Wildman–Crippen MR) is 141 cm³/mol. The number of hydrogen-bond donors (Lipinski definition) is 1. The number of non-ortho nitro benzene ring substituents is 1. The summed E-state index contributed by atoms with van der Waals surface area (Å²) in [7, 11) is 1.99. The van der Waals surface area contributed by atoms with E-state index in [2.05, 4.69) is 19.7 Å². The lowest BCUT2D eigenvalue weighted by Crippen LogP contribution is -2.47. The number of nitro groups is 1. The number of rotatable bonds is 7. The van der Waals surface area contributed by atoms with E-state index in [4.69, 9.17) is 4.98 Å². The quantitative estimate of drug-likeness (QED) is 0.300. The number of nitrogens with zero attached hydrogens (tertiary/aromatic N) is 5. The number of fused-ring (bicyclic) bond motifs is 1. The van der Waals surface area contributed by atoms with Crippen LogP contribution in [0.3, 0.4) is 0 Å². The number of halogens is 1. The van der Waals surface area contributed by atoms with Gasteiger partial charge in [-0.05, 0) is 54.6 Å². The van der Waals surface area contributed by atoms with E-state index in [-0.39, 0.29) is 17.4 Å². The molecule has 0 radical (unpaired) electrons. The highest BCUT2D eigenvalue weighted by molar-refractivity contribution is 6.05. The van der Waals surface area contributed by atoms with Crippen molar-refractivity contribution in [2.45, 2.75) is 6.42 Å². The van der Waals surface area contributed by atoms with Crippen molar-refractivity contribution < 1.29 is 14.1 Å². The van der Waals surface area contributed by atoms with Crippen LogP contribution in [0.4, 0.5) is 21.5 Å². The highest BCUT2D eigenvalue weighted by Crippen LogP contribution is 2.22. The third-order valence-corrected chi connectivity index (χ3v) is 6.79. The van der Waals surface area contributed by atoms with Gasteiger partial charge in [0.25, 0.3) is 11.6 Å². The molecule has 0 atom stereocenters. The molecule has 0 spiro atoms. The molecule has 5 rings (SSSR count). The number of nitro benzene ring substituents is 1. The summed E-state index contributed by atoms with van der Waals surface area (Å²) in [6.45, 7) is 4.54. The second-order valence-electron chi connectivity index (χ2n) is 9.10. The molecule has 0 aliphatic carbocycles. The zero-order chi connectivity index (χ0) is 25.9. The monoisotopic (exact) mass is 502 g/mol. The van der Waals surface area contributed by atoms with Crippen LogP contribution >= 0.6 is 0 Å². The Hall–Kier alpha value is -4.31. The Kier molecular flexibility index (Phi) is 6.82. The number of aryl methyl sites for hydroxylation is 1. The molecule has 1 aliphatic heterocycles. The molecule has 0 saturated carbocycles. The summed E-state index contributed by atoms with van der Waals surface area (Å²) in [6, 6.07) is 17.7. The van der Waals surface area contributed by atoms with Gasteiger partial charge in [-0.3, -0.25) is 19.8 Å². The molecule has 2 heterocycles. The smallest absolute Gasteiger partial charge is 0.269 e. The minimum atomic E-state index is -0.498. The van der Waals surface area contributed by atoms with E-state index < -0.39 is 4.92 Å². The van der Waals surface area contributed by atoms with Gasteiger partial charge in [-0.15, -0.1) is 0 Å². The number of nitrogens with one attached hydrogen (secondary N) is 1. The number of imidazole rings is 1. The molecule has 9 nitrogen and oxygen atoms in total. The van der Waals surface area contributed by atoms with E-state index in [0.717, 1.165) is 61.7 Å². The van der Waals surface area contributed by atoms with Crippen molar-refractivity contribution in [1.29, 1.82) is 0 Å². The molecule has 190 valence electrons. The second-order valence-corrected chi connectivity index (χ2v) is 9.10. The zero-order valence-corrected chi connectivity index (χ0v) is 20.4. The van der Waals surface area contributed by atoms with Gasteiger partial charge in [0.1, 0.15) is 11.6 Å². The maximum absolute atomic E-state index is 13.2. The van der Waals surface area contributed by atoms with Gasteiger partial charge in [0, 0.05) is 75.3 Å². The van der Waals surface area contributed by atoms with Gasteiger partial charge >= 0.3 is 0 Å². The molecule has 1 amide bonds. The van der Waals surface area contributed by atoms with Crippen LogP contribution < -0.4 is 10.2 Å². The average Bonchev–Trinajstić information content (AvgIpc) is 3.22. The lowest BCUT2D eigenvalue weighted by atomic mass is 10.2. The molecule has 0 unspecified atom stereocenters. The molecular weight excluding hydrogens is 475 g/mol. The number of amides is 1. The third-order valence-electron chi connectivity index (χ3n) is 6.79. The van der Waals surface area contributed by atoms with Crippen molar-refractivity contribution in [2.24, 2.45) is 7.05 Å². The van der Waals surface area contributed by atoms with Crippen molar-refractivity contribution in [2.75, 3.05) is 42.9 Å². The van der Waals surface area contributed by atoms with Crippen molar-refractivity contribution in [3.63, 3.8) is 0 Å². The first-order chi connectivity index (χ1) is 17.9. The fourth-order valence-electron chi connectivity index (χ4n) is 4.63. The van der Waals surface area contributed by atoms with Crippen LogP contribution in [0.25, 0.3) is 11.0 Å². The molecular formula is C27H27FN6O3. The molecule has 0 bridgehead atoms.